The van der Waals surface area contributed by atoms with Crippen LogP contribution in [0.5, 0.6) is 0 Å². The summed E-state index contributed by atoms with van der Waals surface area (Å²) in [6, 6.07) is 1.76. The molecule has 0 radical (unpaired) electrons. The number of nitrogens with zero attached hydrogens (tertiary/aromatic N) is 1. The number of carbonyl (C=O) groups excluding carboxylic acids is 2. The standard InChI is InChI=1S/C13H15N3O3S/c1-3-9-5-10(13(18)19-4-2)12(20-9)16-11(17)8-6-14-15-7-8/h5-7H,3-4H2,1-2H3,(H,14,15)(H,16,17). The number of hydrogen-bond donors (Lipinski definition) is 2. The SMILES string of the molecule is CCOC(=O)c1cc(CC)sc1NC(=O)c1cn[nH]c1. The van der Waals surface area contributed by atoms with Crippen molar-refractivity contribution in [3.8, 4) is 0 Å². The Bertz CT molecular complexity index is 604. The minimum absolute atomic E-state index is 0.297. The first-order chi connectivity index (χ1) is 9.65. The fraction of sp³-hybridized carbons (Fsp3) is 0.308. The molecule has 7 heteroatoms. The van der Waals surface area contributed by atoms with Gasteiger partial charge in [-0.1, -0.05) is 6.92 Å². The van der Waals surface area contributed by atoms with Crippen LogP contribution in [0, 0.1) is 0 Å². The highest BCUT2D eigenvalue weighted by molar-refractivity contribution is 7.16. The molecule has 0 bridgehead atoms. The number of aryl methyl sites for hydroxylation is 1. The Labute approximate surface area is 120 Å². The average Bonchev–Trinajstić information content (AvgIpc) is 3.08. The van der Waals surface area contributed by atoms with E-state index >= 15 is 0 Å². The number of aromatic amines is 1. The van der Waals surface area contributed by atoms with Crippen LogP contribution in [-0.2, 0) is 11.2 Å². The number of H-pyrrole nitrogens is 1. The van der Waals surface area contributed by atoms with Gasteiger partial charge in [0.25, 0.3) is 5.91 Å². The van der Waals surface area contributed by atoms with E-state index in [9.17, 15) is 9.59 Å². The lowest BCUT2D eigenvalue weighted by Crippen LogP contribution is -2.13. The van der Waals surface area contributed by atoms with E-state index in [4.69, 9.17) is 4.74 Å². The Morgan fingerprint density at radius 3 is 2.85 bits per heavy atom. The van der Waals surface area contributed by atoms with E-state index in [1.165, 1.54) is 23.7 Å². The van der Waals surface area contributed by atoms with Gasteiger partial charge in [-0.05, 0) is 19.4 Å². The third-order valence-electron chi connectivity index (χ3n) is 2.61. The van der Waals surface area contributed by atoms with E-state index < -0.39 is 5.97 Å². The molecule has 2 N–H and O–H groups in total. The van der Waals surface area contributed by atoms with Crippen molar-refractivity contribution in [2.75, 3.05) is 11.9 Å². The van der Waals surface area contributed by atoms with E-state index in [1.807, 2.05) is 6.92 Å². The molecule has 0 unspecified atom stereocenters. The number of thiophene rings is 1. The summed E-state index contributed by atoms with van der Waals surface area (Å²) in [6.45, 7) is 4.03. The lowest BCUT2D eigenvalue weighted by atomic mass is 10.2. The summed E-state index contributed by atoms with van der Waals surface area (Å²) in [4.78, 5) is 24.9. The maximum Gasteiger partial charge on any atom is 0.341 e. The number of amides is 1. The summed E-state index contributed by atoms with van der Waals surface area (Å²) in [7, 11) is 0. The number of ether oxygens (including phenoxy) is 1. The number of hydrogen-bond acceptors (Lipinski definition) is 5. The van der Waals surface area contributed by atoms with Crippen LogP contribution in [0.2, 0.25) is 0 Å². The van der Waals surface area contributed by atoms with Crippen molar-refractivity contribution in [1.29, 1.82) is 0 Å². The Morgan fingerprint density at radius 2 is 2.25 bits per heavy atom. The zero-order chi connectivity index (χ0) is 14.5. The van der Waals surface area contributed by atoms with E-state index in [1.54, 1.807) is 13.0 Å². The third kappa shape index (κ3) is 3.05. The molecule has 0 spiro atoms. The molecule has 0 aromatic carbocycles. The Hall–Kier alpha value is -2.15. The molecule has 0 fully saturated rings. The van der Waals surface area contributed by atoms with Gasteiger partial charge in [-0.3, -0.25) is 9.89 Å². The van der Waals surface area contributed by atoms with Crippen molar-refractivity contribution in [2.24, 2.45) is 0 Å². The summed E-state index contributed by atoms with van der Waals surface area (Å²) in [5.41, 5.74) is 0.803. The van der Waals surface area contributed by atoms with Gasteiger partial charge in [-0.15, -0.1) is 11.3 Å². The Kier molecular flexibility index (Phi) is 4.52. The normalized spacial score (nSPS) is 10.3. The van der Waals surface area contributed by atoms with Gasteiger partial charge in [0.1, 0.15) is 5.00 Å². The molecule has 2 aromatic heterocycles. The van der Waals surface area contributed by atoms with Crippen LogP contribution in [-0.4, -0.2) is 28.7 Å². The van der Waals surface area contributed by atoms with Crippen LogP contribution in [0.1, 0.15) is 39.4 Å². The van der Waals surface area contributed by atoms with Crippen LogP contribution >= 0.6 is 11.3 Å². The fourth-order valence-corrected chi connectivity index (χ4v) is 2.60. The molecule has 0 saturated heterocycles. The number of aromatic nitrogens is 2. The van der Waals surface area contributed by atoms with Crippen molar-refractivity contribution in [1.82, 2.24) is 10.2 Å². The second kappa shape index (κ2) is 6.33. The van der Waals surface area contributed by atoms with E-state index in [-0.39, 0.29) is 5.91 Å². The molecule has 2 aromatic rings. The highest BCUT2D eigenvalue weighted by Crippen LogP contribution is 2.29. The summed E-state index contributed by atoms with van der Waals surface area (Å²) in [5.74, 6) is -0.736. The van der Waals surface area contributed by atoms with E-state index in [0.717, 1.165) is 11.3 Å². The third-order valence-corrected chi connectivity index (χ3v) is 3.81. The van der Waals surface area contributed by atoms with Crippen molar-refractivity contribution >= 4 is 28.2 Å². The zero-order valence-electron chi connectivity index (χ0n) is 11.2. The lowest BCUT2D eigenvalue weighted by Gasteiger charge is -2.04. The zero-order valence-corrected chi connectivity index (χ0v) is 12.0. The number of rotatable bonds is 5. The van der Waals surface area contributed by atoms with Gasteiger partial charge in [-0.25, -0.2) is 4.79 Å². The van der Waals surface area contributed by atoms with Gasteiger partial charge < -0.3 is 10.1 Å². The second-order valence-electron chi connectivity index (χ2n) is 3.97. The number of anilines is 1. The van der Waals surface area contributed by atoms with E-state index in [2.05, 4.69) is 15.5 Å². The molecule has 6 nitrogen and oxygen atoms in total. The summed E-state index contributed by atoms with van der Waals surface area (Å²) < 4.78 is 5.00. The fourth-order valence-electron chi connectivity index (χ4n) is 1.62. The van der Waals surface area contributed by atoms with Crippen molar-refractivity contribution in [3.63, 3.8) is 0 Å². The number of carbonyl (C=O) groups is 2. The van der Waals surface area contributed by atoms with Crippen LogP contribution in [0.3, 0.4) is 0 Å². The molecule has 20 heavy (non-hydrogen) atoms. The molecule has 2 rings (SSSR count). The van der Waals surface area contributed by atoms with Crippen LogP contribution < -0.4 is 5.32 Å². The smallest absolute Gasteiger partial charge is 0.341 e. The monoisotopic (exact) mass is 293 g/mol. The number of nitrogens with one attached hydrogen (secondary N) is 2. The molecule has 0 aliphatic heterocycles. The lowest BCUT2D eigenvalue weighted by molar-refractivity contribution is 0.0528. The predicted octanol–water partition coefficient (Wildman–Crippen LogP) is 2.46. The molecular formula is C13H15N3O3S. The minimum atomic E-state index is -0.425. The average molecular weight is 293 g/mol. The molecular weight excluding hydrogens is 278 g/mol. The van der Waals surface area contributed by atoms with Crippen LogP contribution in [0.15, 0.2) is 18.5 Å². The maximum atomic E-state index is 12.0. The topological polar surface area (TPSA) is 84.1 Å². The summed E-state index contributed by atoms with van der Waals surface area (Å²) in [5, 5.41) is 9.52. The predicted molar refractivity (Wildman–Crippen MR) is 76.2 cm³/mol. The van der Waals surface area contributed by atoms with Gasteiger partial charge in [0.15, 0.2) is 0 Å². The maximum absolute atomic E-state index is 12.0. The molecule has 0 saturated carbocycles. The van der Waals surface area contributed by atoms with E-state index in [0.29, 0.717) is 22.7 Å². The highest BCUT2D eigenvalue weighted by atomic mass is 32.1. The van der Waals surface area contributed by atoms with Gasteiger partial charge in [0.05, 0.1) is 23.9 Å². The summed E-state index contributed by atoms with van der Waals surface area (Å²) >= 11 is 1.38. The largest absolute Gasteiger partial charge is 0.462 e. The second-order valence-corrected chi connectivity index (χ2v) is 5.11. The number of esters is 1. The van der Waals surface area contributed by atoms with Gasteiger partial charge in [0.2, 0.25) is 0 Å². The van der Waals surface area contributed by atoms with Crippen LogP contribution in [0.4, 0.5) is 5.00 Å². The van der Waals surface area contributed by atoms with Gasteiger partial charge in [0, 0.05) is 11.1 Å². The van der Waals surface area contributed by atoms with Crippen molar-refractivity contribution in [2.45, 2.75) is 20.3 Å². The van der Waals surface area contributed by atoms with Gasteiger partial charge in [-0.2, -0.15) is 5.10 Å². The minimum Gasteiger partial charge on any atom is -0.462 e. The molecule has 0 aliphatic carbocycles. The first kappa shape index (κ1) is 14.3. The quantitative estimate of drug-likeness (QED) is 0.829. The molecule has 0 atom stereocenters. The van der Waals surface area contributed by atoms with Crippen molar-refractivity contribution in [3.05, 3.63) is 34.5 Å². The Morgan fingerprint density at radius 1 is 1.45 bits per heavy atom. The highest BCUT2D eigenvalue weighted by Gasteiger charge is 2.19. The van der Waals surface area contributed by atoms with Gasteiger partial charge >= 0.3 is 5.97 Å². The van der Waals surface area contributed by atoms with Crippen molar-refractivity contribution < 1.29 is 14.3 Å². The first-order valence-corrected chi connectivity index (χ1v) is 7.07. The molecule has 2 heterocycles. The molecule has 0 aliphatic rings. The Balaban J connectivity index is 2.23. The first-order valence-electron chi connectivity index (χ1n) is 6.25. The molecule has 1 amide bonds. The van der Waals surface area contributed by atoms with Crippen LogP contribution in [0.25, 0.3) is 0 Å². The molecule has 106 valence electrons. The summed E-state index contributed by atoms with van der Waals surface area (Å²) in [6.07, 6.45) is 3.71.